The Bertz CT molecular complexity index is 3490. The molecule has 2 nitrogen and oxygen atoms in total. The molecular weight excluding hydrogens is 809 g/mol. The van der Waals surface area contributed by atoms with Crippen molar-refractivity contribution in [2.45, 2.75) is 0 Å². The molecule has 0 spiro atoms. The molecule has 0 atom stereocenters. The van der Waals surface area contributed by atoms with Gasteiger partial charge < -0.3 is 9.47 Å². The number of hydrogen-bond acceptors (Lipinski definition) is 2. The molecule has 0 amide bonds. The Morgan fingerprint density at radius 1 is 0.344 bits per heavy atom. The van der Waals surface area contributed by atoms with E-state index in [0.717, 1.165) is 17.1 Å². The summed E-state index contributed by atoms with van der Waals surface area (Å²) in [4.78, 5) is 2.47. The molecule has 0 N–H and O–H groups in total. The van der Waals surface area contributed by atoms with Crippen LogP contribution in [0, 0.1) is 0 Å². The predicted octanol–water partition coefficient (Wildman–Crippen LogP) is 13.7. The van der Waals surface area contributed by atoms with Crippen LogP contribution in [0.5, 0.6) is 0 Å². The van der Waals surface area contributed by atoms with Crippen molar-refractivity contribution in [2.24, 2.45) is 0 Å². The molecular formula is C60H42N2SSi. The van der Waals surface area contributed by atoms with Crippen LogP contribution in [0.4, 0.5) is 17.1 Å². The first-order valence-corrected chi connectivity index (χ1v) is 24.7. The van der Waals surface area contributed by atoms with Gasteiger partial charge in [0.2, 0.25) is 0 Å². The van der Waals surface area contributed by atoms with Crippen molar-refractivity contribution in [3.63, 3.8) is 0 Å². The van der Waals surface area contributed by atoms with Crippen molar-refractivity contribution >= 4 is 99.2 Å². The van der Waals surface area contributed by atoms with Gasteiger partial charge in [-0.05, 0) is 98.6 Å². The molecule has 0 aliphatic rings. The summed E-state index contributed by atoms with van der Waals surface area (Å²) in [5.74, 6) is 0. The van der Waals surface area contributed by atoms with Gasteiger partial charge >= 0.3 is 0 Å². The quantitative estimate of drug-likeness (QED) is 0.104. The zero-order valence-electron chi connectivity index (χ0n) is 35.1. The molecule has 4 heteroatoms. The minimum absolute atomic E-state index is 1.11. The van der Waals surface area contributed by atoms with E-state index >= 15 is 0 Å². The molecule has 12 rings (SSSR count). The van der Waals surface area contributed by atoms with E-state index in [0.29, 0.717) is 0 Å². The zero-order chi connectivity index (χ0) is 42.5. The Morgan fingerprint density at radius 3 is 1.47 bits per heavy atom. The van der Waals surface area contributed by atoms with Crippen molar-refractivity contribution in [1.82, 2.24) is 4.57 Å². The lowest BCUT2D eigenvalue weighted by molar-refractivity contribution is 1.18. The van der Waals surface area contributed by atoms with Gasteiger partial charge in [0.1, 0.15) is 0 Å². The number of para-hydroxylation sites is 2. The molecule has 10 aromatic carbocycles. The van der Waals surface area contributed by atoms with Gasteiger partial charge in [-0.1, -0.05) is 188 Å². The maximum absolute atomic E-state index is 2.71. The predicted molar refractivity (Wildman–Crippen MR) is 277 cm³/mol. The summed E-state index contributed by atoms with van der Waals surface area (Å²) in [6.45, 7) is 0. The van der Waals surface area contributed by atoms with E-state index in [1.54, 1.807) is 0 Å². The normalized spacial score (nSPS) is 11.8. The molecule has 64 heavy (non-hydrogen) atoms. The first-order chi connectivity index (χ1) is 31.8. The standard InChI is InChI=1S/C60H42N2SSi/c1-5-19-44(20-6-1)62-54-30-15-13-27-52(54)59-51(29-17-31-55(59)62)43-35-37-45(38-36-43)61(56-32-18-34-58-60(56)53-28-14-16-33-57(53)63-58)46-39-41-50(42-40-46)64(47-21-7-2-8-22-47,48-23-9-3-10-24-48)49-25-11-4-12-26-49/h1-42H. The largest absolute Gasteiger partial charge is 0.310 e. The summed E-state index contributed by atoms with van der Waals surface area (Å²) in [6, 6.07) is 94.1. The van der Waals surface area contributed by atoms with Gasteiger partial charge in [0.15, 0.2) is 8.07 Å². The van der Waals surface area contributed by atoms with Crippen LogP contribution in [0.2, 0.25) is 0 Å². The zero-order valence-corrected chi connectivity index (χ0v) is 36.9. The number of hydrogen-bond donors (Lipinski definition) is 0. The van der Waals surface area contributed by atoms with Crippen LogP contribution in [-0.4, -0.2) is 12.6 Å². The molecule has 0 bridgehead atoms. The average molecular weight is 851 g/mol. The number of anilines is 3. The van der Waals surface area contributed by atoms with Crippen molar-refractivity contribution in [3.05, 3.63) is 255 Å². The molecule has 0 fully saturated rings. The smallest absolute Gasteiger partial charge is 0.179 e. The van der Waals surface area contributed by atoms with E-state index in [-0.39, 0.29) is 0 Å². The van der Waals surface area contributed by atoms with E-state index in [4.69, 9.17) is 0 Å². The first-order valence-electron chi connectivity index (χ1n) is 21.9. The Balaban J connectivity index is 1.04. The Morgan fingerprint density at radius 2 is 0.828 bits per heavy atom. The molecule has 0 radical (unpaired) electrons. The van der Waals surface area contributed by atoms with Gasteiger partial charge in [-0.2, -0.15) is 0 Å². The third kappa shape index (κ3) is 6.14. The minimum Gasteiger partial charge on any atom is -0.310 e. The van der Waals surface area contributed by atoms with Gasteiger partial charge in [0.25, 0.3) is 0 Å². The second-order valence-corrected chi connectivity index (χ2v) is 21.3. The first kappa shape index (κ1) is 38.0. The molecule has 0 saturated heterocycles. The fourth-order valence-corrected chi connectivity index (χ4v) is 16.1. The highest BCUT2D eigenvalue weighted by Gasteiger charge is 2.41. The summed E-state index contributed by atoms with van der Waals surface area (Å²) < 4.78 is 4.97. The molecule has 0 aliphatic heterocycles. The van der Waals surface area contributed by atoms with Gasteiger partial charge in [0.05, 0.1) is 16.7 Å². The van der Waals surface area contributed by atoms with Crippen LogP contribution in [0.25, 0.3) is 58.8 Å². The van der Waals surface area contributed by atoms with Gasteiger partial charge in [-0.15, -0.1) is 11.3 Å². The average Bonchev–Trinajstić information content (AvgIpc) is 3.93. The summed E-state index contributed by atoms with van der Waals surface area (Å²) >= 11 is 1.86. The van der Waals surface area contributed by atoms with Crippen LogP contribution in [-0.2, 0) is 0 Å². The summed E-state index contributed by atoms with van der Waals surface area (Å²) in [5, 5.41) is 10.5. The van der Waals surface area contributed by atoms with Crippen LogP contribution >= 0.6 is 11.3 Å². The fourth-order valence-electron chi connectivity index (χ4n) is 10.2. The lowest BCUT2D eigenvalue weighted by atomic mass is 9.99. The number of thiophene rings is 1. The maximum Gasteiger partial charge on any atom is 0.179 e. The van der Waals surface area contributed by atoms with Crippen molar-refractivity contribution in [3.8, 4) is 16.8 Å². The highest BCUT2D eigenvalue weighted by molar-refractivity contribution is 7.26. The van der Waals surface area contributed by atoms with E-state index in [1.807, 2.05) is 11.3 Å². The molecule has 0 unspecified atom stereocenters. The molecule has 0 saturated carbocycles. The highest BCUT2D eigenvalue weighted by Crippen LogP contribution is 2.45. The van der Waals surface area contributed by atoms with E-state index < -0.39 is 8.07 Å². The van der Waals surface area contributed by atoms with E-state index in [2.05, 4.69) is 264 Å². The topological polar surface area (TPSA) is 8.17 Å². The Labute approximate surface area is 378 Å². The Hall–Kier alpha value is -7.76. The minimum atomic E-state index is -2.71. The Kier molecular flexibility index (Phi) is 9.40. The number of fused-ring (bicyclic) bond motifs is 6. The lowest BCUT2D eigenvalue weighted by Crippen LogP contribution is -2.74. The lowest BCUT2D eigenvalue weighted by Gasteiger charge is -2.35. The van der Waals surface area contributed by atoms with E-state index in [9.17, 15) is 0 Å². The second-order valence-electron chi connectivity index (χ2n) is 16.4. The molecule has 2 aromatic heterocycles. The number of aromatic nitrogens is 1. The van der Waals surface area contributed by atoms with Crippen LogP contribution in [0.3, 0.4) is 0 Å². The van der Waals surface area contributed by atoms with Crippen LogP contribution < -0.4 is 25.6 Å². The summed E-state index contributed by atoms with van der Waals surface area (Å²) in [6.07, 6.45) is 0. The SMILES string of the molecule is c1ccc(-n2c3ccccc3c3c(-c4ccc(N(c5ccc([Si](c6ccccc6)(c6ccccc6)c6ccccc6)cc5)c5cccc6sc7ccccc7c56)cc4)cccc32)cc1. The fraction of sp³-hybridized carbons (Fsp3) is 0. The highest BCUT2D eigenvalue weighted by atomic mass is 32.1. The maximum atomic E-state index is 2.47. The monoisotopic (exact) mass is 850 g/mol. The molecule has 12 aromatic rings. The summed E-state index contributed by atoms with van der Waals surface area (Å²) in [5.41, 5.74) is 9.37. The number of benzene rings is 10. The van der Waals surface area contributed by atoms with Gasteiger partial charge in [0, 0.05) is 48.0 Å². The van der Waals surface area contributed by atoms with E-state index in [1.165, 1.54) is 79.5 Å². The molecule has 302 valence electrons. The number of nitrogens with zero attached hydrogens (tertiary/aromatic N) is 2. The molecule has 0 aliphatic carbocycles. The molecule has 2 heterocycles. The third-order valence-electron chi connectivity index (χ3n) is 12.9. The van der Waals surface area contributed by atoms with Crippen LogP contribution in [0.1, 0.15) is 0 Å². The summed E-state index contributed by atoms with van der Waals surface area (Å²) in [7, 11) is -2.71. The van der Waals surface area contributed by atoms with Gasteiger partial charge in [-0.3, -0.25) is 0 Å². The van der Waals surface area contributed by atoms with Crippen LogP contribution in [0.15, 0.2) is 255 Å². The van der Waals surface area contributed by atoms with Crippen molar-refractivity contribution in [2.75, 3.05) is 4.90 Å². The number of rotatable bonds is 9. The third-order valence-corrected chi connectivity index (χ3v) is 18.9. The van der Waals surface area contributed by atoms with Crippen molar-refractivity contribution in [1.29, 1.82) is 0 Å². The van der Waals surface area contributed by atoms with Crippen molar-refractivity contribution < 1.29 is 0 Å². The second kappa shape index (κ2) is 15.9. The van der Waals surface area contributed by atoms with Gasteiger partial charge in [-0.25, -0.2) is 0 Å².